The summed E-state index contributed by atoms with van der Waals surface area (Å²) >= 11 is 0. The van der Waals surface area contributed by atoms with Crippen molar-refractivity contribution in [3.63, 3.8) is 0 Å². The third kappa shape index (κ3) is 3.00. The summed E-state index contributed by atoms with van der Waals surface area (Å²) in [6.45, 7) is 0.0265. The van der Waals surface area contributed by atoms with Crippen molar-refractivity contribution >= 4 is 0 Å². The third-order valence-corrected chi connectivity index (χ3v) is 2.72. The smallest absolute Gasteiger partial charge is 0.131 e. The number of methoxy groups -OCH3 is 2. The number of aromatic nitrogens is 2. The lowest BCUT2D eigenvalue weighted by atomic mass is 10.1. The number of aliphatic hydroxyl groups excluding tert-OH is 1. The Balaban J connectivity index is 2.47. The summed E-state index contributed by atoms with van der Waals surface area (Å²) in [5.74, 6) is 2.05. The fourth-order valence-electron chi connectivity index (χ4n) is 1.78. The van der Waals surface area contributed by atoms with Gasteiger partial charge in [-0.05, 0) is 24.3 Å². The first-order valence-corrected chi connectivity index (χ1v) is 5.93. The van der Waals surface area contributed by atoms with Gasteiger partial charge in [0.05, 0.1) is 26.5 Å². The highest BCUT2D eigenvalue weighted by molar-refractivity contribution is 5.68. The molecule has 1 N–H and O–H groups in total. The van der Waals surface area contributed by atoms with Crippen molar-refractivity contribution < 1.29 is 14.6 Å². The van der Waals surface area contributed by atoms with Gasteiger partial charge in [-0.3, -0.25) is 0 Å². The molecule has 0 unspecified atom stereocenters. The normalized spacial score (nSPS) is 10.3. The average molecular weight is 260 g/mol. The maximum atomic E-state index is 8.94. The summed E-state index contributed by atoms with van der Waals surface area (Å²) in [4.78, 5) is 8.52. The molecule has 0 aliphatic heterocycles. The minimum Gasteiger partial charge on any atom is -0.497 e. The number of aliphatic hydroxyl groups is 1. The quantitative estimate of drug-likeness (QED) is 0.886. The maximum Gasteiger partial charge on any atom is 0.131 e. The van der Waals surface area contributed by atoms with E-state index in [4.69, 9.17) is 14.6 Å². The minimum absolute atomic E-state index is 0.0265. The first-order valence-electron chi connectivity index (χ1n) is 5.93. The van der Waals surface area contributed by atoms with E-state index in [1.807, 2.05) is 18.2 Å². The van der Waals surface area contributed by atoms with Gasteiger partial charge in [-0.15, -0.1) is 0 Å². The second kappa shape index (κ2) is 6.15. The van der Waals surface area contributed by atoms with Crippen molar-refractivity contribution in [2.75, 3.05) is 20.8 Å². The van der Waals surface area contributed by atoms with E-state index >= 15 is 0 Å². The molecular formula is C14H16N2O3. The molecule has 0 radical (unpaired) electrons. The molecule has 100 valence electrons. The van der Waals surface area contributed by atoms with Crippen molar-refractivity contribution in [3.05, 3.63) is 36.3 Å². The summed E-state index contributed by atoms with van der Waals surface area (Å²) in [6, 6.07) is 7.34. The standard InChI is InChI=1S/C14H16N2O3/c1-18-10-3-4-13(19-2)11(9-10)12-5-7-15-14(16-12)6-8-17/h3-5,7,9,17H,6,8H2,1-2H3. The van der Waals surface area contributed by atoms with E-state index in [2.05, 4.69) is 9.97 Å². The molecule has 0 aliphatic rings. The number of ether oxygens (including phenoxy) is 2. The Morgan fingerprint density at radius 3 is 2.68 bits per heavy atom. The van der Waals surface area contributed by atoms with Crippen molar-refractivity contribution in [2.24, 2.45) is 0 Å². The SMILES string of the molecule is COc1ccc(OC)c(-c2ccnc(CCO)n2)c1. The van der Waals surface area contributed by atoms with E-state index in [0.29, 0.717) is 12.2 Å². The Morgan fingerprint density at radius 2 is 2.00 bits per heavy atom. The molecular weight excluding hydrogens is 244 g/mol. The highest BCUT2D eigenvalue weighted by atomic mass is 16.5. The van der Waals surface area contributed by atoms with Crippen LogP contribution in [-0.4, -0.2) is 35.9 Å². The lowest BCUT2D eigenvalue weighted by Gasteiger charge is -2.10. The van der Waals surface area contributed by atoms with Crippen LogP contribution in [0.5, 0.6) is 11.5 Å². The van der Waals surface area contributed by atoms with Gasteiger partial charge in [0, 0.05) is 18.2 Å². The zero-order valence-corrected chi connectivity index (χ0v) is 11.0. The Labute approximate surface area is 111 Å². The largest absolute Gasteiger partial charge is 0.497 e. The highest BCUT2D eigenvalue weighted by Crippen LogP contribution is 2.32. The van der Waals surface area contributed by atoms with E-state index in [9.17, 15) is 0 Å². The Kier molecular flexibility index (Phi) is 4.30. The van der Waals surface area contributed by atoms with E-state index in [-0.39, 0.29) is 6.61 Å². The fraction of sp³-hybridized carbons (Fsp3) is 0.286. The number of hydrogen-bond donors (Lipinski definition) is 1. The van der Waals surface area contributed by atoms with Gasteiger partial charge >= 0.3 is 0 Å². The maximum absolute atomic E-state index is 8.94. The molecule has 5 nitrogen and oxygen atoms in total. The first-order chi connectivity index (χ1) is 9.28. The average Bonchev–Trinajstić information content (AvgIpc) is 2.47. The summed E-state index contributed by atoms with van der Waals surface area (Å²) < 4.78 is 10.5. The molecule has 0 amide bonds. The molecule has 19 heavy (non-hydrogen) atoms. The molecule has 0 atom stereocenters. The molecule has 5 heteroatoms. The van der Waals surface area contributed by atoms with Crippen LogP contribution >= 0.6 is 0 Å². The molecule has 0 saturated carbocycles. The predicted molar refractivity (Wildman–Crippen MR) is 71.4 cm³/mol. The van der Waals surface area contributed by atoms with Crippen LogP contribution < -0.4 is 9.47 Å². The monoisotopic (exact) mass is 260 g/mol. The number of nitrogens with zero attached hydrogens (tertiary/aromatic N) is 2. The van der Waals surface area contributed by atoms with E-state index in [1.165, 1.54) is 0 Å². The predicted octanol–water partition coefficient (Wildman–Crippen LogP) is 1.70. The van der Waals surface area contributed by atoms with E-state index in [1.54, 1.807) is 26.5 Å². The molecule has 0 bridgehead atoms. The van der Waals surface area contributed by atoms with Gasteiger partial charge < -0.3 is 14.6 Å². The number of benzene rings is 1. The molecule has 2 aromatic rings. The van der Waals surface area contributed by atoms with Crippen LogP contribution in [-0.2, 0) is 6.42 Å². The van der Waals surface area contributed by atoms with Crippen LogP contribution in [0.25, 0.3) is 11.3 Å². The summed E-state index contributed by atoms with van der Waals surface area (Å²) in [5, 5.41) is 8.94. The summed E-state index contributed by atoms with van der Waals surface area (Å²) in [6.07, 6.45) is 2.10. The second-order valence-corrected chi connectivity index (χ2v) is 3.90. The van der Waals surface area contributed by atoms with Crippen LogP contribution in [0.15, 0.2) is 30.5 Å². The molecule has 1 aromatic carbocycles. The van der Waals surface area contributed by atoms with Gasteiger partial charge in [0.15, 0.2) is 0 Å². The van der Waals surface area contributed by atoms with Crippen molar-refractivity contribution in [3.8, 4) is 22.8 Å². The second-order valence-electron chi connectivity index (χ2n) is 3.90. The number of hydrogen-bond acceptors (Lipinski definition) is 5. The molecule has 0 aliphatic carbocycles. The van der Waals surface area contributed by atoms with Gasteiger partial charge in [-0.25, -0.2) is 9.97 Å². The Hall–Kier alpha value is -2.14. The third-order valence-electron chi connectivity index (χ3n) is 2.72. The van der Waals surface area contributed by atoms with E-state index in [0.717, 1.165) is 22.8 Å². The van der Waals surface area contributed by atoms with Crippen LogP contribution in [0.4, 0.5) is 0 Å². The van der Waals surface area contributed by atoms with Crippen LogP contribution in [0.2, 0.25) is 0 Å². The summed E-state index contributed by atoms with van der Waals surface area (Å²) in [5.41, 5.74) is 1.58. The van der Waals surface area contributed by atoms with Crippen LogP contribution in [0, 0.1) is 0 Å². The Morgan fingerprint density at radius 1 is 1.16 bits per heavy atom. The van der Waals surface area contributed by atoms with Crippen LogP contribution in [0.3, 0.4) is 0 Å². The molecule has 0 saturated heterocycles. The highest BCUT2D eigenvalue weighted by Gasteiger charge is 2.10. The zero-order valence-electron chi connectivity index (χ0n) is 11.0. The molecule has 2 rings (SSSR count). The van der Waals surface area contributed by atoms with Crippen molar-refractivity contribution in [2.45, 2.75) is 6.42 Å². The van der Waals surface area contributed by atoms with E-state index < -0.39 is 0 Å². The zero-order chi connectivity index (χ0) is 13.7. The lowest BCUT2D eigenvalue weighted by Crippen LogP contribution is -2.00. The van der Waals surface area contributed by atoms with Gasteiger partial charge in [0.1, 0.15) is 17.3 Å². The van der Waals surface area contributed by atoms with Gasteiger partial charge in [-0.1, -0.05) is 0 Å². The minimum atomic E-state index is 0.0265. The molecule has 1 heterocycles. The van der Waals surface area contributed by atoms with Gasteiger partial charge in [0.25, 0.3) is 0 Å². The van der Waals surface area contributed by atoms with Crippen molar-refractivity contribution in [1.29, 1.82) is 0 Å². The van der Waals surface area contributed by atoms with Gasteiger partial charge in [-0.2, -0.15) is 0 Å². The Bertz CT molecular complexity index is 558. The molecule has 0 spiro atoms. The lowest BCUT2D eigenvalue weighted by molar-refractivity contribution is 0.296. The fourth-order valence-corrected chi connectivity index (χ4v) is 1.78. The molecule has 0 fully saturated rings. The first kappa shape index (κ1) is 13.3. The number of rotatable bonds is 5. The summed E-state index contributed by atoms with van der Waals surface area (Å²) in [7, 11) is 3.23. The topological polar surface area (TPSA) is 64.5 Å². The van der Waals surface area contributed by atoms with Gasteiger partial charge in [0.2, 0.25) is 0 Å². The van der Waals surface area contributed by atoms with Crippen molar-refractivity contribution in [1.82, 2.24) is 9.97 Å². The molecule has 1 aromatic heterocycles. The van der Waals surface area contributed by atoms with Crippen LogP contribution in [0.1, 0.15) is 5.82 Å².